The smallest absolute Gasteiger partial charge is 0.244 e. The van der Waals surface area contributed by atoms with E-state index in [9.17, 15) is 18.0 Å². The van der Waals surface area contributed by atoms with Gasteiger partial charge in [0, 0.05) is 22.6 Å². The quantitative estimate of drug-likeness (QED) is 0.359. The van der Waals surface area contributed by atoms with Gasteiger partial charge in [-0.25, -0.2) is 8.42 Å². The monoisotopic (exact) mass is 585 g/mol. The SMILES string of the molecule is CCCCNC(=O)C(CC)N(Cc1ccc(Cl)cc1)C(=O)CN(c1ccc(Br)c(C)c1)S(C)(=O)=O. The first-order chi connectivity index (χ1) is 16.5. The van der Waals surface area contributed by atoms with Crippen LogP contribution in [0.1, 0.15) is 44.2 Å². The molecule has 10 heteroatoms. The lowest BCUT2D eigenvalue weighted by Gasteiger charge is -2.33. The number of hydrogen-bond donors (Lipinski definition) is 1. The van der Waals surface area contributed by atoms with Crippen molar-refractivity contribution < 1.29 is 18.0 Å². The summed E-state index contributed by atoms with van der Waals surface area (Å²) in [5, 5.41) is 3.46. The molecule has 1 N–H and O–H groups in total. The van der Waals surface area contributed by atoms with Crippen molar-refractivity contribution in [2.24, 2.45) is 0 Å². The molecule has 0 radical (unpaired) electrons. The van der Waals surface area contributed by atoms with E-state index in [0.717, 1.165) is 39.0 Å². The molecule has 192 valence electrons. The number of unbranched alkanes of at least 4 members (excludes halogenated alkanes) is 1. The minimum atomic E-state index is -3.77. The summed E-state index contributed by atoms with van der Waals surface area (Å²) in [4.78, 5) is 28.1. The number of anilines is 1. The first-order valence-electron chi connectivity index (χ1n) is 11.5. The molecule has 1 unspecified atom stereocenters. The summed E-state index contributed by atoms with van der Waals surface area (Å²) in [6.07, 6.45) is 3.21. The van der Waals surface area contributed by atoms with Gasteiger partial charge in [-0.1, -0.05) is 59.9 Å². The maximum absolute atomic E-state index is 13.6. The largest absolute Gasteiger partial charge is 0.354 e. The van der Waals surface area contributed by atoms with Gasteiger partial charge in [0.25, 0.3) is 0 Å². The summed E-state index contributed by atoms with van der Waals surface area (Å²) in [6.45, 7) is 5.94. The van der Waals surface area contributed by atoms with Gasteiger partial charge < -0.3 is 10.2 Å². The summed E-state index contributed by atoms with van der Waals surface area (Å²) >= 11 is 9.43. The van der Waals surface area contributed by atoms with Crippen molar-refractivity contribution in [3.8, 4) is 0 Å². The zero-order valence-electron chi connectivity index (χ0n) is 20.6. The molecular weight excluding hydrogens is 554 g/mol. The molecule has 0 aliphatic rings. The highest BCUT2D eigenvalue weighted by Crippen LogP contribution is 2.25. The molecule has 2 rings (SSSR count). The second-order valence-electron chi connectivity index (χ2n) is 8.42. The van der Waals surface area contributed by atoms with Crippen molar-refractivity contribution >= 4 is 55.1 Å². The minimum absolute atomic E-state index is 0.146. The number of aryl methyl sites for hydroxylation is 1. The van der Waals surface area contributed by atoms with Crippen molar-refractivity contribution in [3.05, 3.63) is 63.1 Å². The molecule has 0 saturated heterocycles. The third-order valence-electron chi connectivity index (χ3n) is 5.59. The highest BCUT2D eigenvalue weighted by atomic mass is 79.9. The zero-order valence-corrected chi connectivity index (χ0v) is 23.7. The molecule has 0 fully saturated rings. The maximum atomic E-state index is 13.6. The molecule has 35 heavy (non-hydrogen) atoms. The van der Waals surface area contributed by atoms with Crippen LogP contribution >= 0.6 is 27.5 Å². The summed E-state index contributed by atoms with van der Waals surface area (Å²) < 4.78 is 27.3. The van der Waals surface area contributed by atoms with Crippen molar-refractivity contribution in [2.45, 2.75) is 52.6 Å². The van der Waals surface area contributed by atoms with Crippen LogP contribution in [0.25, 0.3) is 0 Å². The van der Waals surface area contributed by atoms with Crippen LogP contribution in [0.5, 0.6) is 0 Å². The summed E-state index contributed by atoms with van der Waals surface area (Å²) in [7, 11) is -3.77. The van der Waals surface area contributed by atoms with Crippen LogP contribution in [-0.4, -0.2) is 50.5 Å². The van der Waals surface area contributed by atoms with E-state index in [2.05, 4.69) is 21.2 Å². The van der Waals surface area contributed by atoms with E-state index in [1.807, 2.05) is 20.8 Å². The van der Waals surface area contributed by atoms with E-state index >= 15 is 0 Å². The van der Waals surface area contributed by atoms with Gasteiger partial charge in [0.2, 0.25) is 21.8 Å². The molecule has 0 heterocycles. The number of nitrogens with one attached hydrogen (secondary N) is 1. The van der Waals surface area contributed by atoms with Crippen LogP contribution in [0.15, 0.2) is 46.9 Å². The Morgan fingerprint density at radius 2 is 1.77 bits per heavy atom. The number of carbonyl (C=O) groups excluding carboxylic acids is 2. The number of rotatable bonds is 12. The van der Waals surface area contributed by atoms with Crippen molar-refractivity contribution in [1.82, 2.24) is 10.2 Å². The number of sulfonamides is 1. The lowest BCUT2D eigenvalue weighted by Crippen LogP contribution is -2.52. The van der Waals surface area contributed by atoms with Crippen LogP contribution in [0.2, 0.25) is 5.02 Å². The first kappa shape index (κ1) is 29.1. The van der Waals surface area contributed by atoms with E-state index in [1.54, 1.807) is 42.5 Å². The summed E-state index contributed by atoms with van der Waals surface area (Å²) in [5.74, 6) is -0.725. The van der Waals surface area contributed by atoms with Gasteiger partial charge in [0.05, 0.1) is 11.9 Å². The average molecular weight is 587 g/mol. The molecule has 2 aromatic carbocycles. The van der Waals surface area contributed by atoms with Gasteiger partial charge in [0.15, 0.2) is 0 Å². The molecule has 2 amide bonds. The van der Waals surface area contributed by atoms with E-state index < -0.39 is 28.5 Å². The molecular formula is C25H33BrClN3O4S. The fraction of sp³-hybridized carbons (Fsp3) is 0.440. The Morgan fingerprint density at radius 3 is 2.31 bits per heavy atom. The lowest BCUT2D eigenvalue weighted by atomic mass is 10.1. The van der Waals surface area contributed by atoms with E-state index in [4.69, 9.17) is 11.6 Å². The number of hydrogen-bond acceptors (Lipinski definition) is 4. The molecule has 0 bridgehead atoms. The van der Waals surface area contributed by atoms with Crippen LogP contribution in [-0.2, 0) is 26.2 Å². The van der Waals surface area contributed by atoms with Crippen LogP contribution in [0.3, 0.4) is 0 Å². The number of benzene rings is 2. The second-order valence-corrected chi connectivity index (χ2v) is 11.6. The van der Waals surface area contributed by atoms with Gasteiger partial charge in [0.1, 0.15) is 12.6 Å². The molecule has 1 atom stereocenters. The fourth-order valence-corrected chi connectivity index (χ4v) is 4.82. The van der Waals surface area contributed by atoms with Crippen LogP contribution < -0.4 is 9.62 Å². The van der Waals surface area contributed by atoms with Gasteiger partial charge in [-0.2, -0.15) is 0 Å². The fourth-order valence-electron chi connectivity index (χ4n) is 3.61. The Labute approximate surface area is 222 Å². The molecule has 0 aliphatic carbocycles. The number of nitrogens with zero attached hydrogens (tertiary/aromatic N) is 2. The number of halogens is 2. The third kappa shape index (κ3) is 8.51. The van der Waals surface area contributed by atoms with Crippen molar-refractivity contribution in [1.29, 1.82) is 0 Å². The van der Waals surface area contributed by atoms with Crippen molar-refractivity contribution in [3.63, 3.8) is 0 Å². The van der Waals surface area contributed by atoms with Gasteiger partial charge in [-0.05, 0) is 61.2 Å². The predicted molar refractivity (Wildman–Crippen MR) is 145 cm³/mol. The summed E-state index contributed by atoms with van der Waals surface area (Å²) in [5.41, 5.74) is 2.00. The lowest BCUT2D eigenvalue weighted by molar-refractivity contribution is -0.140. The van der Waals surface area contributed by atoms with E-state index in [-0.39, 0.29) is 12.5 Å². The molecule has 0 aliphatic heterocycles. The predicted octanol–water partition coefficient (Wildman–Crippen LogP) is 4.90. The average Bonchev–Trinajstić information content (AvgIpc) is 2.80. The second kappa shape index (κ2) is 13.3. The van der Waals surface area contributed by atoms with Gasteiger partial charge in [-0.3, -0.25) is 13.9 Å². The topological polar surface area (TPSA) is 86.8 Å². The Balaban J connectivity index is 2.41. The number of amides is 2. The normalized spacial score (nSPS) is 12.2. The van der Waals surface area contributed by atoms with Crippen LogP contribution in [0.4, 0.5) is 5.69 Å². The Bertz CT molecular complexity index is 1130. The molecule has 0 aromatic heterocycles. The van der Waals surface area contributed by atoms with E-state index in [1.165, 1.54) is 4.90 Å². The van der Waals surface area contributed by atoms with Crippen molar-refractivity contribution in [2.75, 3.05) is 23.7 Å². The highest BCUT2D eigenvalue weighted by molar-refractivity contribution is 9.10. The molecule has 0 saturated carbocycles. The highest BCUT2D eigenvalue weighted by Gasteiger charge is 2.31. The Kier molecular flexibility index (Phi) is 11.0. The molecule has 7 nitrogen and oxygen atoms in total. The maximum Gasteiger partial charge on any atom is 0.244 e. The summed E-state index contributed by atoms with van der Waals surface area (Å²) in [6, 6.07) is 11.4. The first-order valence-corrected chi connectivity index (χ1v) is 14.5. The van der Waals surface area contributed by atoms with Crippen LogP contribution in [0, 0.1) is 6.92 Å². The molecule has 2 aromatic rings. The third-order valence-corrected chi connectivity index (χ3v) is 7.87. The van der Waals surface area contributed by atoms with Gasteiger partial charge in [-0.15, -0.1) is 0 Å². The Morgan fingerprint density at radius 1 is 1.11 bits per heavy atom. The Hall–Kier alpha value is -2.10. The number of carbonyl (C=O) groups is 2. The zero-order chi connectivity index (χ0) is 26.2. The standard InChI is InChI=1S/C25H33BrClN3O4S/c1-5-7-14-28-25(32)23(6-2)29(16-19-8-10-20(27)11-9-19)24(31)17-30(35(4,33)34)21-12-13-22(26)18(3)15-21/h8-13,15,23H,5-7,14,16-17H2,1-4H3,(H,28,32). The minimum Gasteiger partial charge on any atom is -0.354 e. The molecule has 0 spiro atoms. The van der Waals surface area contributed by atoms with E-state index in [0.29, 0.717) is 23.7 Å². The van der Waals surface area contributed by atoms with Gasteiger partial charge >= 0.3 is 0 Å².